The summed E-state index contributed by atoms with van der Waals surface area (Å²) in [5.74, 6) is -1.18. The molecule has 3 rings (SSSR count). The second kappa shape index (κ2) is 7.49. The topological polar surface area (TPSA) is 72.5 Å². The Hall–Kier alpha value is -2.99. The van der Waals surface area contributed by atoms with Crippen LogP contribution in [0.5, 0.6) is 0 Å². The monoisotopic (exact) mass is 367 g/mol. The number of carbonyl (C=O) groups excluding carboxylic acids is 3. The summed E-state index contributed by atoms with van der Waals surface area (Å²) in [6.45, 7) is 2.87. The lowest BCUT2D eigenvalue weighted by atomic mass is 10.1. The van der Waals surface area contributed by atoms with Gasteiger partial charge in [0, 0.05) is 10.3 Å². The molecule has 0 radical (unpaired) electrons. The van der Waals surface area contributed by atoms with Gasteiger partial charge in [0.25, 0.3) is 5.91 Å². The minimum atomic E-state index is -0.529. The number of esters is 1. The molecule has 0 aliphatic heterocycles. The van der Waals surface area contributed by atoms with Gasteiger partial charge in [-0.05, 0) is 43.0 Å². The number of ketones is 1. The number of ether oxygens (including phenoxy) is 1. The van der Waals surface area contributed by atoms with Crippen molar-refractivity contribution >= 4 is 44.8 Å². The fourth-order valence-electron chi connectivity index (χ4n) is 2.65. The average molecular weight is 367 g/mol. The third-order valence-electron chi connectivity index (χ3n) is 3.94. The van der Waals surface area contributed by atoms with Crippen LogP contribution in [0.15, 0.2) is 48.5 Å². The van der Waals surface area contributed by atoms with E-state index in [1.165, 1.54) is 18.3 Å². The molecule has 132 valence electrons. The number of thiophene rings is 1. The summed E-state index contributed by atoms with van der Waals surface area (Å²) in [5.41, 5.74) is 1.66. The summed E-state index contributed by atoms with van der Waals surface area (Å²) in [6.07, 6.45) is 0. The molecule has 1 amide bonds. The van der Waals surface area contributed by atoms with E-state index >= 15 is 0 Å². The minimum absolute atomic E-state index is 0.154. The Kier molecular flexibility index (Phi) is 5.14. The Bertz CT molecular complexity index is 1010. The highest BCUT2D eigenvalue weighted by Gasteiger charge is 2.18. The maximum atomic E-state index is 12.3. The van der Waals surface area contributed by atoms with Gasteiger partial charge in [-0.3, -0.25) is 9.59 Å². The molecule has 26 heavy (non-hydrogen) atoms. The van der Waals surface area contributed by atoms with Crippen molar-refractivity contribution in [2.45, 2.75) is 13.8 Å². The van der Waals surface area contributed by atoms with Gasteiger partial charge in [0.1, 0.15) is 4.88 Å². The quantitative estimate of drug-likeness (QED) is 0.542. The van der Waals surface area contributed by atoms with E-state index in [9.17, 15) is 14.4 Å². The molecule has 1 heterocycles. The van der Waals surface area contributed by atoms with E-state index in [-0.39, 0.29) is 5.78 Å². The zero-order valence-electron chi connectivity index (χ0n) is 14.4. The van der Waals surface area contributed by atoms with Crippen LogP contribution in [0.4, 0.5) is 5.69 Å². The van der Waals surface area contributed by atoms with Crippen LogP contribution in [0.3, 0.4) is 0 Å². The normalized spacial score (nSPS) is 10.5. The molecule has 0 aliphatic rings. The lowest BCUT2D eigenvalue weighted by Gasteiger charge is -2.09. The van der Waals surface area contributed by atoms with E-state index < -0.39 is 18.5 Å². The number of anilines is 1. The van der Waals surface area contributed by atoms with Crippen molar-refractivity contribution in [3.63, 3.8) is 0 Å². The standard InChI is InChI=1S/C20H17NO4S/c1-12-14-7-4-6-10-17(14)26-19(12)20(24)25-11-18(23)21-16-9-5-3-8-15(16)13(2)22/h3-10H,11H2,1-2H3,(H,21,23). The zero-order valence-corrected chi connectivity index (χ0v) is 15.2. The molecule has 1 aromatic heterocycles. The number of hydrogen-bond donors (Lipinski definition) is 1. The van der Waals surface area contributed by atoms with Gasteiger partial charge in [-0.25, -0.2) is 4.79 Å². The largest absolute Gasteiger partial charge is 0.451 e. The van der Waals surface area contributed by atoms with Gasteiger partial charge in [0.15, 0.2) is 12.4 Å². The third-order valence-corrected chi connectivity index (χ3v) is 5.20. The maximum absolute atomic E-state index is 12.3. The first kappa shape index (κ1) is 17.8. The van der Waals surface area contributed by atoms with Crippen LogP contribution < -0.4 is 5.32 Å². The first-order valence-corrected chi connectivity index (χ1v) is 8.84. The fourth-order valence-corrected chi connectivity index (χ4v) is 3.75. The summed E-state index contributed by atoms with van der Waals surface area (Å²) >= 11 is 1.34. The van der Waals surface area contributed by atoms with Gasteiger partial charge in [0.05, 0.1) is 5.69 Å². The van der Waals surface area contributed by atoms with Crippen molar-refractivity contribution in [3.8, 4) is 0 Å². The highest BCUT2D eigenvalue weighted by molar-refractivity contribution is 7.21. The average Bonchev–Trinajstić information content (AvgIpc) is 2.97. The zero-order chi connectivity index (χ0) is 18.7. The van der Waals surface area contributed by atoms with E-state index in [0.717, 1.165) is 15.6 Å². The van der Waals surface area contributed by atoms with Crippen molar-refractivity contribution in [1.82, 2.24) is 0 Å². The van der Waals surface area contributed by atoms with Crippen molar-refractivity contribution in [2.75, 3.05) is 11.9 Å². The number of hydrogen-bond acceptors (Lipinski definition) is 5. The van der Waals surface area contributed by atoms with Gasteiger partial charge < -0.3 is 10.1 Å². The number of amides is 1. The van der Waals surface area contributed by atoms with Crippen molar-refractivity contribution in [2.24, 2.45) is 0 Å². The number of aryl methyl sites for hydroxylation is 1. The summed E-state index contributed by atoms with van der Waals surface area (Å²) in [5, 5.41) is 3.61. The summed E-state index contributed by atoms with van der Waals surface area (Å²) in [7, 11) is 0. The number of carbonyl (C=O) groups is 3. The van der Waals surface area contributed by atoms with Gasteiger partial charge in [-0.2, -0.15) is 0 Å². The predicted molar refractivity (Wildman–Crippen MR) is 102 cm³/mol. The van der Waals surface area contributed by atoms with Crippen LogP contribution in [0.2, 0.25) is 0 Å². The van der Waals surface area contributed by atoms with E-state index in [2.05, 4.69) is 5.32 Å². The van der Waals surface area contributed by atoms with Crippen molar-refractivity contribution in [3.05, 3.63) is 64.5 Å². The molecule has 2 aromatic carbocycles. The van der Waals surface area contributed by atoms with Crippen LogP contribution in [0.25, 0.3) is 10.1 Å². The highest BCUT2D eigenvalue weighted by atomic mass is 32.1. The molecular weight excluding hydrogens is 350 g/mol. The molecule has 0 spiro atoms. The van der Waals surface area contributed by atoms with Crippen molar-refractivity contribution < 1.29 is 19.1 Å². The summed E-state index contributed by atoms with van der Waals surface area (Å²) in [4.78, 5) is 36.5. The third kappa shape index (κ3) is 3.65. The molecule has 3 aromatic rings. The van der Waals surface area contributed by atoms with Gasteiger partial charge in [0.2, 0.25) is 0 Å². The lowest BCUT2D eigenvalue weighted by molar-refractivity contribution is -0.119. The van der Waals surface area contributed by atoms with E-state index in [1.54, 1.807) is 24.3 Å². The smallest absolute Gasteiger partial charge is 0.349 e. The molecule has 0 saturated carbocycles. The maximum Gasteiger partial charge on any atom is 0.349 e. The Morgan fingerprint density at radius 3 is 2.46 bits per heavy atom. The van der Waals surface area contributed by atoms with E-state index in [0.29, 0.717) is 16.1 Å². The number of benzene rings is 2. The second-order valence-electron chi connectivity index (χ2n) is 5.78. The molecule has 0 unspecified atom stereocenters. The Balaban J connectivity index is 1.67. The van der Waals surface area contributed by atoms with Gasteiger partial charge in [-0.15, -0.1) is 11.3 Å². The van der Waals surface area contributed by atoms with Gasteiger partial charge >= 0.3 is 5.97 Å². The predicted octanol–water partition coefficient (Wildman–Crippen LogP) is 4.21. The van der Waals surface area contributed by atoms with Crippen LogP contribution in [0, 0.1) is 6.92 Å². The van der Waals surface area contributed by atoms with E-state index in [4.69, 9.17) is 4.74 Å². The van der Waals surface area contributed by atoms with Gasteiger partial charge in [-0.1, -0.05) is 30.3 Å². The first-order chi connectivity index (χ1) is 12.5. The molecular formula is C20H17NO4S. The highest BCUT2D eigenvalue weighted by Crippen LogP contribution is 2.30. The minimum Gasteiger partial charge on any atom is -0.451 e. The fraction of sp³-hybridized carbons (Fsp3) is 0.150. The molecule has 0 atom stereocenters. The number of nitrogens with one attached hydrogen (secondary N) is 1. The second-order valence-corrected chi connectivity index (χ2v) is 6.83. The Morgan fingerprint density at radius 1 is 1.04 bits per heavy atom. The molecule has 5 nitrogen and oxygen atoms in total. The molecule has 0 aliphatic carbocycles. The summed E-state index contributed by atoms with van der Waals surface area (Å²) < 4.78 is 6.14. The van der Waals surface area contributed by atoms with Crippen LogP contribution in [-0.2, 0) is 9.53 Å². The Labute approximate surface area is 154 Å². The molecule has 0 saturated heterocycles. The van der Waals surface area contributed by atoms with Crippen LogP contribution in [0.1, 0.15) is 32.5 Å². The van der Waals surface area contributed by atoms with Crippen molar-refractivity contribution in [1.29, 1.82) is 0 Å². The lowest BCUT2D eigenvalue weighted by Crippen LogP contribution is -2.21. The summed E-state index contributed by atoms with van der Waals surface area (Å²) in [6, 6.07) is 14.4. The SMILES string of the molecule is CC(=O)c1ccccc1NC(=O)COC(=O)c1sc2ccccc2c1C. The molecule has 6 heteroatoms. The van der Waals surface area contributed by atoms with Crippen LogP contribution >= 0.6 is 11.3 Å². The number of rotatable bonds is 5. The number of para-hydroxylation sites is 1. The van der Waals surface area contributed by atoms with E-state index in [1.807, 2.05) is 31.2 Å². The number of Topliss-reactive ketones (excluding diaryl/α,β-unsaturated/α-hetero) is 1. The first-order valence-electron chi connectivity index (χ1n) is 8.02. The molecule has 0 bridgehead atoms. The molecule has 1 N–H and O–H groups in total. The molecule has 0 fully saturated rings. The number of fused-ring (bicyclic) bond motifs is 1. The Morgan fingerprint density at radius 2 is 1.73 bits per heavy atom. The van der Waals surface area contributed by atoms with Crippen LogP contribution in [-0.4, -0.2) is 24.3 Å².